The van der Waals surface area contributed by atoms with Gasteiger partial charge in [-0.25, -0.2) is 0 Å². The van der Waals surface area contributed by atoms with E-state index in [4.69, 9.17) is 0 Å². The Kier molecular flexibility index (Phi) is 2.02. The predicted molar refractivity (Wildman–Crippen MR) is 38.6 cm³/mol. The summed E-state index contributed by atoms with van der Waals surface area (Å²) in [6.45, 7) is 0. The van der Waals surface area contributed by atoms with Crippen molar-refractivity contribution in [2.45, 2.75) is 0 Å². The minimum absolute atomic E-state index is 0.481. The Bertz CT molecular complexity index is 228. The van der Waals surface area contributed by atoms with Crippen molar-refractivity contribution in [3.8, 4) is 0 Å². The Hall–Kier alpha value is -0.160. The first-order valence-electron chi connectivity index (χ1n) is 2.10. The van der Waals surface area contributed by atoms with Gasteiger partial charge in [0.2, 0.25) is 6.20 Å². The molecule has 1 aromatic rings. The lowest BCUT2D eigenvalue weighted by molar-refractivity contribution is -0.669. The van der Waals surface area contributed by atoms with Gasteiger partial charge in [0.1, 0.15) is 10.7 Å². The molecule has 0 radical (unpaired) electrons. The Morgan fingerprint density at radius 2 is 2.11 bits per heavy atom. The van der Waals surface area contributed by atoms with Crippen molar-refractivity contribution in [3.63, 3.8) is 0 Å². The molecule has 0 saturated carbocycles. The van der Waals surface area contributed by atoms with E-state index in [2.05, 4.69) is 37.0 Å². The van der Waals surface area contributed by atoms with Crippen LogP contribution in [0, 0.1) is 5.21 Å². The molecule has 5 heteroatoms. The maximum absolute atomic E-state index is 10.4. The molecule has 0 N–H and O–H groups in total. The zero-order chi connectivity index (χ0) is 6.85. The van der Waals surface area contributed by atoms with Crippen LogP contribution in [0.5, 0.6) is 0 Å². The van der Waals surface area contributed by atoms with Gasteiger partial charge in [-0.3, -0.25) is 0 Å². The second kappa shape index (κ2) is 2.62. The van der Waals surface area contributed by atoms with E-state index in [1.807, 2.05) is 0 Å². The number of nitrogens with zero attached hydrogens (tertiary/aromatic N) is 2. The third-order valence-electron chi connectivity index (χ3n) is 0.737. The molecule has 3 nitrogen and oxygen atoms in total. The topological polar surface area (TPSA) is 39.8 Å². The minimum atomic E-state index is 0.481. The average Bonchev–Trinajstić information content (AvgIpc) is 1.80. The van der Waals surface area contributed by atoms with Crippen molar-refractivity contribution in [2.75, 3.05) is 0 Å². The highest BCUT2D eigenvalue weighted by Crippen LogP contribution is 2.18. The summed E-state index contributed by atoms with van der Waals surface area (Å²) in [7, 11) is 0. The van der Waals surface area contributed by atoms with Gasteiger partial charge in [-0.05, 0) is 31.9 Å². The van der Waals surface area contributed by atoms with Crippen molar-refractivity contribution < 1.29 is 4.85 Å². The molecule has 48 valence electrons. The van der Waals surface area contributed by atoms with Crippen molar-refractivity contribution in [1.29, 1.82) is 0 Å². The molecule has 1 rings (SSSR count). The largest absolute Gasteiger partial charge is 0.594 e. The summed E-state index contributed by atoms with van der Waals surface area (Å²) in [5.41, 5.74) is 0. The Morgan fingerprint density at radius 3 is 2.56 bits per heavy atom. The summed E-state index contributed by atoms with van der Waals surface area (Å²) in [5.74, 6) is 0. The van der Waals surface area contributed by atoms with E-state index in [-0.39, 0.29) is 0 Å². The first-order valence-corrected chi connectivity index (χ1v) is 3.69. The van der Waals surface area contributed by atoms with Gasteiger partial charge in [-0.15, -0.1) is 0 Å². The second-order valence-corrected chi connectivity index (χ2v) is 3.08. The maximum atomic E-state index is 10.4. The lowest BCUT2D eigenvalue weighted by atomic mass is 10.6. The molecule has 0 aliphatic heterocycles. The van der Waals surface area contributed by atoms with Gasteiger partial charge in [0.15, 0.2) is 0 Å². The molecule has 0 unspecified atom stereocenters. The van der Waals surface area contributed by atoms with E-state index >= 15 is 0 Å². The van der Waals surface area contributed by atoms with E-state index in [9.17, 15) is 5.21 Å². The first-order chi connectivity index (χ1) is 4.20. The fraction of sp³-hybridized carbons (Fsp3) is 0. The van der Waals surface area contributed by atoms with Gasteiger partial charge in [-0.1, -0.05) is 4.85 Å². The van der Waals surface area contributed by atoms with E-state index in [0.29, 0.717) is 9.32 Å². The lowest BCUT2D eigenvalue weighted by Crippen LogP contribution is -2.29. The molecule has 9 heavy (non-hydrogen) atoms. The van der Waals surface area contributed by atoms with E-state index in [1.165, 1.54) is 12.4 Å². The molecular weight excluding hydrogens is 252 g/mol. The fourth-order valence-corrected chi connectivity index (χ4v) is 0.833. The van der Waals surface area contributed by atoms with Crippen LogP contribution < -0.4 is 4.85 Å². The molecule has 0 saturated heterocycles. The van der Waals surface area contributed by atoms with Crippen molar-refractivity contribution in [2.24, 2.45) is 0 Å². The number of halogens is 2. The molecule has 0 aliphatic rings. The molecule has 0 fully saturated rings. The van der Waals surface area contributed by atoms with Gasteiger partial charge in [0.25, 0.3) is 0 Å². The first kappa shape index (κ1) is 6.95. The van der Waals surface area contributed by atoms with Crippen LogP contribution in [-0.2, 0) is 0 Å². The molecule has 1 aromatic heterocycles. The highest BCUT2D eigenvalue weighted by Gasteiger charge is 1.99. The zero-order valence-corrected chi connectivity index (χ0v) is 7.39. The van der Waals surface area contributed by atoms with Crippen LogP contribution in [0.4, 0.5) is 0 Å². The van der Waals surface area contributed by atoms with E-state index in [0.717, 1.165) is 4.47 Å². The quantitative estimate of drug-likeness (QED) is 0.516. The van der Waals surface area contributed by atoms with Gasteiger partial charge in [-0.2, -0.15) is 0 Å². The predicted octanol–water partition coefficient (Wildman–Crippen LogP) is 1.24. The second-order valence-electron chi connectivity index (χ2n) is 1.37. The van der Waals surface area contributed by atoms with E-state index in [1.54, 1.807) is 0 Å². The fourth-order valence-electron chi connectivity index (χ4n) is 0.361. The summed E-state index contributed by atoms with van der Waals surface area (Å²) in [6.07, 6.45) is 2.75. The van der Waals surface area contributed by atoms with Gasteiger partial charge in [0.05, 0.1) is 4.47 Å². The average molecular weight is 254 g/mol. The number of hydrogen-bond donors (Lipinski definition) is 0. The molecule has 1 heterocycles. The molecule has 0 bridgehead atoms. The Labute approximate surface area is 68.5 Å². The van der Waals surface area contributed by atoms with Crippen molar-refractivity contribution in [1.82, 2.24) is 5.10 Å². The van der Waals surface area contributed by atoms with Crippen LogP contribution in [0.15, 0.2) is 21.3 Å². The van der Waals surface area contributed by atoms with Crippen LogP contribution >= 0.6 is 31.9 Å². The molecule has 0 spiro atoms. The standard InChI is InChI=1S/C4H2Br2N2O/c5-3-1-7-8(9)2-4(3)6/h1-2H. The summed E-state index contributed by atoms with van der Waals surface area (Å²) in [6, 6.07) is 0. The van der Waals surface area contributed by atoms with E-state index < -0.39 is 0 Å². The molecule has 0 aromatic carbocycles. The van der Waals surface area contributed by atoms with Gasteiger partial charge < -0.3 is 5.21 Å². The zero-order valence-electron chi connectivity index (χ0n) is 4.21. The monoisotopic (exact) mass is 252 g/mol. The summed E-state index contributed by atoms with van der Waals surface area (Å²) in [5, 5.41) is 13.8. The highest BCUT2D eigenvalue weighted by molar-refractivity contribution is 9.13. The van der Waals surface area contributed by atoms with Crippen LogP contribution in [0.3, 0.4) is 0 Å². The molecule has 0 atom stereocenters. The molecule has 0 aliphatic carbocycles. The minimum Gasteiger partial charge on any atom is -0.594 e. The van der Waals surface area contributed by atoms with Crippen LogP contribution in [0.2, 0.25) is 0 Å². The lowest BCUT2D eigenvalue weighted by Gasteiger charge is -1.92. The highest BCUT2D eigenvalue weighted by atomic mass is 79.9. The summed E-state index contributed by atoms with van der Waals surface area (Å²) < 4.78 is 1.47. The smallest absolute Gasteiger partial charge is 0.225 e. The van der Waals surface area contributed by atoms with Crippen molar-refractivity contribution >= 4 is 31.9 Å². The molecule has 0 amide bonds. The van der Waals surface area contributed by atoms with Crippen molar-refractivity contribution in [3.05, 3.63) is 26.5 Å². The van der Waals surface area contributed by atoms with Gasteiger partial charge in [0, 0.05) is 5.10 Å². The summed E-state index contributed by atoms with van der Waals surface area (Å²) >= 11 is 6.31. The third-order valence-corrected chi connectivity index (χ3v) is 2.53. The molecular formula is C4H2Br2N2O. The Balaban J connectivity index is 3.17. The van der Waals surface area contributed by atoms with Crippen LogP contribution in [0.25, 0.3) is 0 Å². The van der Waals surface area contributed by atoms with Crippen LogP contribution in [0.1, 0.15) is 0 Å². The SMILES string of the molecule is [O-][n+]1cc(Br)c(Br)cn1. The third kappa shape index (κ3) is 1.62. The number of rotatable bonds is 0. The normalized spacial score (nSPS) is 9.56. The maximum Gasteiger partial charge on any atom is 0.225 e. The number of aromatic nitrogens is 2. The van der Waals surface area contributed by atoms with Crippen LogP contribution in [-0.4, -0.2) is 5.10 Å². The number of hydrogen-bond acceptors (Lipinski definition) is 2. The van der Waals surface area contributed by atoms with Gasteiger partial charge >= 0.3 is 0 Å². The summed E-state index contributed by atoms with van der Waals surface area (Å²) in [4.78, 5) is 0.481. The Morgan fingerprint density at radius 1 is 1.44 bits per heavy atom.